The quantitative estimate of drug-likeness (QED) is 0.830. The largest absolute Gasteiger partial charge is 0.497 e. The van der Waals surface area contributed by atoms with Gasteiger partial charge in [0.25, 0.3) is 0 Å². The summed E-state index contributed by atoms with van der Waals surface area (Å²) in [5, 5.41) is 6.19. The zero-order valence-electron chi connectivity index (χ0n) is 11.3. The molecule has 1 aliphatic heterocycles. The third-order valence-corrected chi connectivity index (χ3v) is 3.22. The molecule has 2 N–H and O–H groups in total. The van der Waals surface area contributed by atoms with Crippen molar-refractivity contribution in [2.24, 2.45) is 0 Å². The Morgan fingerprint density at radius 2 is 2.21 bits per heavy atom. The molecular weight excluding hydrogens is 242 g/mol. The second-order valence-electron chi connectivity index (χ2n) is 4.62. The molecule has 2 rings (SSSR count). The molecule has 0 saturated carbocycles. The minimum Gasteiger partial charge on any atom is -0.497 e. The Kier molecular flexibility index (Phi) is 5.18. The Labute approximate surface area is 113 Å². The Balaban J connectivity index is 1.76. The van der Waals surface area contributed by atoms with Crippen molar-refractivity contribution < 1.29 is 9.53 Å². The highest BCUT2D eigenvalue weighted by atomic mass is 16.5. The Morgan fingerprint density at radius 1 is 1.42 bits per heavy atom. The van der Waals surface area contributed by atoms with Gasteiger partial charge in [-0.05, 0) is 12.1 Å². The molecule has 0 bridgehead atoms. The van der Waals surface area contributed by atoms with Crippen LogP contribution in [-0.2, 0) is 4.79 Å². The average molecular weight is 263 g/mol. The fourth-order valence-corrected chi connectivity index (χ4v) is 2.12. The number of benzene rings is 1. The average Bonchev–Trinajstić information content (AvgIpc) is 2.46. The number of hydrogen-bond acceptors (Lipinski definition) is 4. The minimum atomic E-state index is 0.0479. The topological polar surface area (TPSA) is 53.6 Å². The molecule has 1 aromatic rings. The smallest absolute Gasteiger partial charge is 0.225 e. The molecule has 5 nitrogen and oxygen atoms in total. The molecule has 0 unspecified atom stereocenters. The molecule has 1 saturated heterocycles. The molecule has 1 aromatic carbocycles. The predicted molar refractivity (Wildman–Crippen MR) is 75.6 cm³/mol. The highest BCUT2D eigenvalue weighted by Gasteiger charge is 2.11. The number of anilines is 1. The van der Waals surface area contributed by atoms with Crippen molar-refractivity contribution in [3.63, 3.8) is 0 Å². The van der Waals surface area contributed by atoms with Gasteiger partial charge in [-0.15, -0.1) is 0 Å². The third kappa shape index (κ3) is 4.54. The normalized spacial score (nSPS) is 16.1. The van der Waals surface area contributed by atoms with Crippen molar-refractivity contribution >= 4 is 11.6 Å². The molecule has 1 aliphatic rings. The highest BCUT2D eigenvalue weighted by molar-refractivity contribution is 5.90. The maximum atomic E-state index is 11.9. The van der Waals surface area contributed by atoms with E-state index < -0.39 is 0 Å². The molecule has 1 amide bonds. The van der Waals surface area contributed by atoms with E-state index in [1.54, 1.807) is 7.11 Å². The molecule has 0 aromatic heterocycles. The summed E-state index contributed by atoms with van der Waals surface area (Å²) in [6.07, 6.45) is 0.525. The Bertz CT molecular complexity index is 417. The SMILES string of the molecule is COc1cccc(NC(=O)CCN2CCNCC2)c1. The number of piperazine rings is 1. The van der Waals surface area contributed by atoms with Gasteiger partial charge in [0.1, 0.15) is 5.75 Å². The number of hydrogen-bond donors (Lipinski definition) is 2. The molecule has 0 spiro atoms. The number of nitrogens with one attached hydrogen (secondary N) is 2. The van der Waals surface area contributed by atoms with Crippen molar-refractivity contribution in [3.05, 3.63) is 24.3 Å². The van der Waals surface area contributed by atoms with Crippen LogP contribution in [0, 0.1) is 0 Å². The van der Waals surface area contributed by atoms with Crippen LogP contribution in [0.3, 0.4) is 0 Å². The van der Waals surface area contributed by atoms with Crippen LogP contribution in [0.5, 0.6) is 5.75 Å². The van der Waals surface area contributed by atoms with Crippen molar-refractivity contribution in [2.75, 3.05) is 45.2 Å². The van der Waals surface area contributed by atoms with Gasteiger partial charge < -0.3 is 20.3 Å². The predicted octanol–water partition coefficient (Wildman–Crippen LogP) is 0.929. The summed E-state index contributed by atoms with van der Waals surface area (Å²) in [4.78, 5) is 14.2. The molecule has 1 heterocycles. The highest BCUT2D eigenvalue weighted by Crippen LogP contribution is 2.16. The number of carbonyl (C=O) groups excluding carboxylic acids is 1. The monoisotopic (exact) mass is 263 g/mol. The lowest BCUT2D eigenvalue weighted by Gasteiger charge is -2.26. The fourth-order valence-electron chi connectivity index (χ4n) is 2.12. The van der Waals surface area contributed by atoms with Gasteiger partial charge in [-0.3, -0.25) is 4.79 Å². The van der Waals surface area contributed by atoms with Gasteiger partial charge in [0, 0.05) is 50.9 Å². The van der Waals surface area contributed by atoms with Gasteiger partial charge in [-0.1, -0.05) is 6.07 Å². The first-order valence-corrected chi connectivity index (χ1v) is 6.65. The zero-order chi connectivity index (χ0) is 13.5. The lowest BCUT2D eigenvalue weighted by molar-refractivity contribution is -0.116. The Morgan fingerprint density at radius 3 is 2.95 bits per heavy atom. The van der Waals surface area contributed by atoms with E-state index in [4.69, 9.17) is 4.74 Å². The van der Waals surface area contributed by atoms with Gasteiger partial charge >= 0.3 is 0 Å². The van der Waals surface area contributed by atoms with E-state index in [1.807, 2.05) is 24.3 Å². The summed E-state index contributed by atoms with van der Waals surface area (Å²) in [6.45, 7) is 4.88. The summed E-state index contributed by atoms with van der Waals surface area (Å²) in [5.74, 6) is 0.798. The summed E-state index contributed by atoms with van der Waals surface area (Å²) in [6, 6.07) is 7.41. The van der Waals surface area contributed by atoms with E-state index in [2.05, 4.69) is 15.5 Å². The molecule has 5 heteroatoms. The van der Waals surface area contributed by atoms with Gasteiger partial charge in [-0.2, -0.15) is 0 Å². The molecule has 0 aliphatic carbocycles. The summed E-state index contributed by atoms with van der Waals surface area (Å²) < 4.78 is 5.13. The van der Waals surface area contributed by atoms with Gasteiger partial charge in [0.15, 0.2) is 0 Å². The fraction of sp³-hybridized carbons (Fsp3) is 0.500. The molecule has 1 fully saturated rings. The first-order valence-electron chi connectivity index (χ1n) is 6.65. The molecular formula is C14H21N3O2. The van der Waals surface area contributed by atoms with Gasteiger partial charge in [0.2, 0.25) is 5.91 Å². The van der Waals surface area contributed by atoms with Crippen LogP contribution in [0.25, 0.3) is 0 Å². The lowest BCUT2D eigenvalue weighted by atomic mass is 10.2. The standard InChI is InChI=1S/C14H21N3O2/c1-19-13-4-2-3-12(11-13)16-14(18)5-8-17-9-6-15-7-10-17/h2-4,11,15H,5-10H2,1H3,(H,16,18). The lowest BCUT2D eigenvalue weighted by Crippen LogP contribution is -2.44. The first kappa shape index (κ1) is 13.8. The number of carbonyl (C=O) groups is 1. The molecule has 0 atom stereocenters. The molecule has 104 valence electrons. The minimum absolute atomic E-state index is 0.0479. The van der Waals surface area contributed by atoms with Crippen LogP contribution in [-0.4, -0.2) is 50.6 Å². The van der Waals surface area contributed by atoms with Crippen LogP contribution in [0.1, 0.15) is 6.42 Å². The number of nitrogens with zero attached hydrogens (tertiary/aromatic N) is 1. The summed E-state index contributed by atoms with van der Waals surface area (Å²) >= 11 is 0. The first-order chi connectivity index (χ1) is 9.28. The van der Waals surface area contributed by atoms with Gasteiger partial charge in [-0.25, -0.2) is 0 Å². The van der Waals surface area contributed by atoms with Crippen LogP contribution < -0.4 is 15.4 Å². The van der Waals surface area contributed by atoms with Crippen LogP contribution in [0.15, 0.2) is 24.3 Å². The summed E-state index contributed by atoms with van der Waals surface area (Å²) in [5.41, 5.74) is 0.782. The number of ether oxygens (including phenoxy) is 1. The maximum absolute atomic E-state index is 11.9. The molecule has 19 heavy (non-hydrogen) atoms. The Hall–Kier alpha value is -1.59. The van der Waals surface area contributed by atoms with E-state index in [0.717, 1.165) is 44.2 Å². The second-order valence-corrected chi connectivity index (χ2v) is 4.62. The maximum Gasteiger partial charge on any atom is 0.225 e. The summed E-state index contributed by atoms with van der Waals surface area (Å²) in [7, 11) is 1.62. The van der Waals surface area contributed by atoms with Crippen LogP contribution in [0.2, 0.25) is 0 Å². The van der Waals surface area contributed by atoms with E-state index in [0.29, 0.717) is 6.42 Å². The van der Waals surface area contributed by atoms with E-state index in [9.17, 15) is 4.79 Å². The van der Waals surface area contributed by atoms with Crippen molar-refractivity contribution in [2.45, 2.75) is 6.42 Å². The third-order valence-electron chi connectivity index (χ3n) is 3.22. The van der Waals surface area contributed by atoms with Crippen molar-refractivity contribution in [3.8, 4) is 5.75 Å². The van der Waals surface area contributed by atoms with Crippen LogP contribution in [0.4, 0.5) is 5.69 Å². The number of methoxy groups -OCH3 is 1. The second kappa shape index (κ2) is 7.11. The van der Waals surface area contributed by atoms with E-state index >= 15 is 0 Å². The molecule has 0 radical (unpaired) electrons. The number of amides is 1. The van der Waals surface area contributed by atoms with Crippen molar-refractivity contribution in [1.29, 1.82) is 0 Å². The number of rotatable bonds is 5. The van der Waals surface area contributed by atoms with Gasteiger partial charge in [0.05, 0.1) is 7.11 Å². The van der Waals surface area contributed by atoms with E-state index in [1.165, 1.54) is 0 Å². The van der Waals surface area contributed by atoms with Crippen molar-refractivity contribution in [1.82, 2.24) is 10.2 Å². The van der Waals surface area contributed by atoms with E-state index in [-0.39, 0.29) is 5.91 Å². The van der Waals surface area contributed by atoms with Crippen LogP contribution >= 0.6 is 0 Å². The zero-order valence-corrected chi connectivity index (χ0v) is 11.3.